The van der Waals surface area contributed by atoms with Crippen molar-refractivity contribution in [1.29, 1.82) is 0 Å². The van der Waals surface area contributed by atoms with Crippen molar-refractivity contribution in [3.05, 3.63) is 72.4 Å². The minimum Gasteiger partial charge on any atom is -0.385 e. The van der Waals surface area contributed by atoms with E-state index in [2.05, 4.69) is 29.0 Å². The van der Waals surface area contributed by atoms with Gasteiger partial charge in [0.05, 0.1) is 11.4 Å². The fourth-order valence-electron chi connectivity index (χ4n) is 2.75. The molecular weight excluding hydrogens is 356 g/mol. The fraction of sp³-hybridized carbons (Fsp3) is 0.238. The zero-order valence-corrected chi connectivity index (χ0v) is 16.2. The van der Waals surface area contributed by atoms with Gasteiger partial charge in [-0.2, -0.15) is 5.10 Å². The normalized spacial score (nSPS) is 10.6. The summed E-state index contributed by atoms with van der Waals surface area (Å²) in [6, 6.07) is 20.3. The van der Waals surface area contributed by atoms with Crippen LogP contribution in [0.15, 0.2) is 66.9 Å². The number of nitrogens with one attached hydrogen (secondary N) is 2. The highest BCUT2D eigenvalue weighted by Gasteiger charge is 2.12. The third-order valence-corrected chi connectivity index (χ3v) is 4.40. The fourth-order valence-corrected chi connectivity index (χ4v) is 2.92. The first-order valence-electron chi connectivity index (χ1n) is 8.98. The van der Waals surface area contributed by atoms with Crippen molar-refractivity contribution in [2.45, 2.75) is 13.0 Å². The molecule has 0 spiro atoms. The molecule has 0 unspecified atom stereocenters. The minimum atomic E-state index is 0.604. The van der Waals surface area contributed by atoms with Crippen molar-refractivity contribution >= 4 is 17.3 Å². The lowest BCUT2D eigenvalue weighted by molar-refractivity contribution is 0.195. The first-order chi connectivity index (χ1) is 13.3. The van der Waals surface area contributed by atoms with Gasteiger partial charge >= 0.3 is 0 Å². The van der Waals surface area contributed by atoms with Gasteiger partial charge in [-0.1, -0.05) is 48.5 Å². The van der Waals surface area contributed by atoms with E-state index in [1.807, 2.05) is 53.2 Å². The number of para-hydroxylation sites is 1. The standard InChI is InChI=1S/C21H24N4OS/c1-26-14-8-13-22-21(27)23-15-18-16-25(19-11-6-3-7-12-19)24-20(18)17-9-4-2-5-10-17/h2-7,9-12,16H,8,13-15H2,1H3,(H2,22,23,27). The third kappa shape index (κ3) is 5.39. The summed E-state index contributed by atoms with van der Waals surface area (Å²) in [5, 5.41) is 11.9. The van der Waals surface area contributed by atoms with Crippen molar-refractivity contribution in [2.24, 2.45) is 0 Å². The molecule has 5 nitrogen and oxygen atoms in total. The minimum absolute atomic E-state index is 0.604. The molecule has 1 aromatic heterocycles. The second-order valence-electron chi connectivity index (χ2n) is 6.10. The number of nitrogens with zero attached hydrogens (tertiary/aromatic N) is 2. The number of hydrogen-bond donors (Lipinski definition) is 2. The summed E-state index contributed by atoms with van der Waals surface area (Å²) in [6.45, 7) is 2.11. The van der Waals surface area contributed by atoms with Gasteiger partial charge in [-0.15, -0.1) is 0 Å². The summed E-state index contributed by atoms with van der Waals surface area (Å²) in [5.41, 5.74) is 4.16. The van der Waals surface area contributed by atoms with Crippen LogP contribution in [0.4, 0.5) is 0 Å². The zero-order chi connectivity index (χ0) is 18.9. The van der Waals surface area contributed by atoms with Gasteiger partial charge in [-0.3, -0.25) is 0 Å². The molecule has 0 atom stereocenters. The molecule has 0 fully saturated rings. The molecule has 3 rings (SSSR count). The number of aromatic nitrogens is 2. The van der Waals surface area contributed by atoms with E-state index in [-0.39, 0.29) is 0 Å². The maximum absolute atomic E-state index is 5.37. The lowest BCUT2D eigenvalue weighted by atomic mass is 10.1. The van der Waals surface area contributed by atoms with Crippen LogP contribution in [0.1, 0.15) is 12.0 Å². The van der Waals surface area contributed by atoms with Crippen molar-refractivity contribution in [3.63, 3.8) is 0 Å². The van der Waals surface area contributed by atoms with Crippen LogP contribution in [-0.4, -0.2) is 35.2 Å². The molecule has 0 aliphatic carbocycles. The molecule has 3 aromatic rings. The molecular formula is C21H24N4OS. The Morgan fingerprint density at radius 2 is 1.74 bits per heavy atom. The van der Waals surface area contributed by atoms with E-state index in [1.165, 1.54) is 0 Å². The third-order valence-electron chi connectivity index (χ3n) is 4.11. The van der Waals surface area contributed by atoms with Gasteiger partial charge in [0, 0.05) is 44.1 Å². The van der Waals surface area contributed by atoms with Gasteiger partial charge in [0.2, 0.25) is 0 Å². The number of benzene rings is 2. The SMILES string of the molecule is COCCCNC(=S)NCc1cn(-c2ccccc2)nc1-c1ccccc1. The maximum Gasteiger partial charge on any atom is 0.166 e. The van der Waals surface area contributed by atoms with Gasteiger partial charge in [-0.25, -0.2) is 4.68 Å². The first-order valence-corrected chi connectivity index (χ1v) is 9.39. The molecule has 2 aromatic carbocycles. The predicted octanol–water partition coefficient (Wildman–Crippen LogP) is 3.54. The van der Waals surface area contributed by atoms with E-state index in [9.17, 15) is 0 Å². The molecule has 0 saturated heterocycles. The van der Waals surface area contributed by atoms with Crippen LogP contribution in [0.25, 0.3) is 16.9 Å². The lowest BCUT2D eigenvalue weighted by Gasteiger charge is -2.10. The zero-order valence-electron chi connectivity index (χ0n) is 15.4. The van der Waals surface area contributed by atoms with E-state index in [0.29, 0.717) is 11.7 Å². The van der Waals surface area contributed by atoms with Gasteiger partial charge in [-0.05, 0) is 30.8 Å². The summed E-state index contributed by atoms with van der Waals surface area (Å²) in [4.78, 5) is 0. The second kappa shape index (κ2) is 9.85. The van der Waals surface area contributed by atoms with Crippen LogP contribution in [0.5, 0.6) is 0 Å². The average molecular weight is 381 g/mol. The maximum atomic E-state index is 5.37. The molecule has 0 radical (unpaired) electrons. The number of rotatable bonds is 8. The summed E-state index contributed by atoms with van der Waals surface area (Å²) >= 11 is 5.37. The molecule has 0 saturated carbocycles. The highest BCUT2D eigenvalue weighted by molar-refractivity contribution is 7.80. The van der Waals surface area contributed by atoms with Crippen LogP contribution in [0.2, 0.25) is 0 Å². The molecule has 0 aliphatic rings. The van der Waals surface area contributed by atoms with Crippen LogP contribution in [0, 0.1) is 0 Å². The van der Waals surface area contributed by atoms with Crippen molar-refractivity contribution < 1.29 is 4.74 Å². The van der Waals surface area contributed by atoms with E-state index in [0.717, 1.165) is 42.1 Å². The average Bonchev–Trinajstić information content (AvgIpc) is 3.15. The highest BCUT2D eigenvalue weighted by Crippen LogP contribution is 2.23. The van der Waals surface area contributed by atoms with E-state index in [1.54, 1.807) is 7.11 Å². The quantitative estimate of drug-likeness (QED) is 0.462. The number of hydrogen-bond acceptors (Lipinski definition) is 3. The van der Waals surface area contributed by atoms with Gasteiger partial charge in [0.25, 0.3) is 0 Å². The van der Waals surface area contributed by atoms with Crippen LogP contribution in [0.3, 0.4) is 0 Å². The van der Waals surface area contributed by atoms with Gasteiger partial charge < -0.3 is 15.4 Å². The smallest absolute Gasteiger partial charge is 0.166 e. The lowest BCUT2D eigenvalue weighted by Crippen LogP contribution is -2.35. The summed E-state index contributed by atoms with van der Waals surface area (Å²) in [7, 11) is 1.70. The largest absolute Gasteiger partial charge is 0.385 e. The molecule has 6 heteroatoms. The molecule has 0 aliphatic heterocycles. The van der Waals surface area contributed by atoms with Gasteiger partial charge in [0.1, 0.15) is 0 Å². The Bertz CT molecular complexity index is 849. The molecule has 0 amide bonds. The summed E-state index contributed by atoms with van der Waals surface area (Å²) < 4.78 is 6.96. The molecule has 1 heterocycles. The predicted molar refractivity (Wildman–Crippen MR) is 113 cm³/mol. The Kier molecular flexibility index (Phi) is 6.96. The molecule has 27 heavy (non-hydrogen) atoms. The van der Waals surface area contributed by atoms with Crippen LogP contribution in [-0.2, 0) is 11.3 Å². The first kappa shape index (κ1) is 19.1. The number of methoxy groups -OCH3 is 1. The van der Waals surface area contributed by atoms with E-state index >= 15 is 0 Å². The Morgan fingerprint density at radius 3 is 2.44 bits per heavy atom. The van der Waals surface area contributed by atoms with Crippen LogP contribution >= 0.6 is 12.2 Å². The van der Waals surface area contributed by atoms with Gasteiger partial charge in [0.15, 0.2) is 5.11 Å². The van der Waals surface area contributed by atoms with E-state index in [4.69, 9.17) is 22.1 Å². The number of ether oxygens (including phenoxy) is 1. The molecule has 2 N–H and O–H groups in total. The summed E-state index contributed by atoms with van der Waals surface area (Å²) in [6.07, 6.45) is 2.97. The second-order valence-corrected chi connectivity index (χ2v) is 6.51. The van der Waals surface area contributed by atoms with E-state index < -0.39 is 0 Å². The summed E-state index contributed by atoms with van der Waals surface area (Å²) in [5.74, 6) is 0. The molecule has 0 bridgehead atoms. The Labute approximate surface area is 165 Å². The van der Waals surface area contributed by atoms with Crippen LogP contribution < -0.4 is 10.6 Å². The number of thiocarbonyl (C=S) groups is 1. The highest BCUT2D eigenvalue weighted by atomic mass is 32.1. The monoisotopic (exact) mass is 380 g/mol. The van der Waals surface area contributed by atoms with Crippen molar-refractivity contribution in [3.8, 4) is 16.9 Å². The Hall–Kier alpha value is -2.70. The van der Waals surface area contributed by atoms with Crippen molar-refractivity contribution in [2.75, 3.05) is 20.3 Å². The Morgan fingerprint density at radius 1 is 1.04 bits per heavy atom. The van der Waals surface area contributed by atoms with Crippen molar-refractivity contribution in [1.82, 2.24) is 20.4 Å². The topological polar surface area (TPSA) is 51.1 Å². The molecule has 140 valence electrons. The Balaban J connectivity index is 1.75.